The van der Waals surface area contributed by atoms with Crippen LogP contribution in [0.25, 0.3) is 5.65 Å². The molecule has 0 atom stereocenters. The molecule has 0 aliphatic rings. The molecule has 0 radical (unpaired) electrons. The second kappa shape index (κ2) is 5.41. The van der Waals surface area contributed by atoms with Crippen molar-refractivity contribution in [2.24, 2.45) is 5.73 Å². The molecule has 0 aliphatic heterocycles. The van der Waals surface area contributed by atoms with Gasteiger partial charge < -0.3 is 10.5 Å². The summed E-state index contributed by atoms with van der Waals surface area (Å²) in [6.45, 7) is 0.805. The lowest BCUT2D eigenvalue weighted by Gasteiger charge is -2.08. The fourth-order valence-electron chi connectivity index (χ4n) is 2.30. The maximum atomic E-state index is 12.2. The Labute approximate surface area is 121 Å². The van der Waals surface area contributed by atoms with Crippen LogP contribution in [-0.2, 0) is 13.1 Å². The van der Waals surface area contributed by atoms with E-state index in [2.05, 4.69) is 5.10 Å². The van der Waals surface area contributed by atoms with Gasteiger partial charge in [-0.05, 0) is 23.8 Å². The zero-order valence-electron chi connectivity index (χ0n) is 11.7. The van der Waals surface area contributed by atoms with E-state index in [4.69, 9.17) is 10.5 Å². The van der Waals surface area contributed by atoms with Crippen molar-refractivity contribution in [1.29, 1.82) is 0 Å². The predicted molar refractivity (Wildman–Crippen MR) is 79.4 cm³/mol. The van der Waals surface area contributed by atoms with Crippen LogP contribution in [0.15, 0.2) is 47.4 Å². The number of methoxy groups -OCH3 is 1. The average Bonchev–Trinajstić information content (AvgIpc) is 2.84. The molecule has 2 N–H and O–H groups in total. The molecule has 0 saturated heterocycles. The third-order valence-electron chi connectivity index (χ3n) is 3.39. The van der Waals surface area contributed by atoms with E-state index in [-0.39, 0.29) is 5.69 Å². The Kier molecular flexibility index (Phi) is 3.45. The van der Waals surface area contributed by atoms with Crippen LogP contribution in [0.5, 0.6) is 5.75 Å². The van der Waals surface area contributed by atoms with E-state index in [1.165, 1.54) is 9.08 Å². The minimum atomic E-state index is -0.160. The average molecular weight is 284 g/mol. The summed E-state index contributed by atoms with van der Waals surface area (Å²) in [6, 6.07) is 11.2. The fourth-order valence-corrected chi connectivity index (χ4v) is 2.30. The maximum Gasteiger partial charge on any atom is 0.350 e. The molecule has 0 aliphatic carbocycles. The lowest BCUT2D eigenvalue weighted by molar-refractivity contribution is 0.409. The summed E-state index contributed by atoms with van der Waals surface area (Å²) < 4.78 is 8.27. The van der Waals surface area contributed by atoms with Crippen LogP contribution in [0, 0.1) is 0 Å². The normalized spacial score (nSPS) is 11.0. The first-order valence-corrected chi connectivity index (χ1v) is 6.63. The maximum absolute atomic E-state index is 12.2. The number of nitrogens with zero attached hydrogens (tertiary/aromatic N) is 3. The number of hydrogen-bond donors (Lipinski definition) is 1. The Hall–Kier alpha value is -2.60. The van der Waals surface area contributed by atoms with Crippen LogP contribution in [0.1, 0.15) is 11.1 Å². The van der Waals surface area contributed by atoms with Crippen molar-refractivity contribution in [3.63, 3.8) is 0 Å². The van der Waals surface area contributed by atoms with Crippen molar-refractivity contribution in [3.8, 4) is 5.75 Å². The number of rotatable bonds is 4. The highest BCUT2D eigenvalue weighted by Gasteiger charge is 2.08. The van der Waals surface area contributed by atoms with E-state index in [1.54, 1.807) is 25.4 Å². The molecule has 0 unspecified atom stereocenters. The van der Waals surface area contributed by atoms with Gasteiger partial charge >= 0.3 is 5.69 Å². The summed E-state index contributed by atoms with van der Waals surface area (Å²) in [4.78, 5) is 12.2. The van der Waals surface area contributed by atoms with E-state index in [1.807, 2.05) is 24.3 Å². The second-order valence-electron chi connectivity index (χ2n) is 4.72. The van der Waals surface area contributed by atoms with Gasteiger partial charge in [-0.15, -0.1) is 5.10 Å². The molecule has 0 fully saturated rings. The quantitative estimate of drug-likeness (QED) is 0.776. The van der Waals surface area contributed by atoms with Crippen molar-refractivity contribution in [2.45, 2.75) is 13.1 Å². The first kappa shape index (κ1) is 13.4. The summed E-state index contributed by atoms with van der Waals surface area (Å²) in [5, 5.41) is 4.31. The van der Waals surface area contributed by atoms with Crippen molar-refractivity contribution in [2.75, 3.05) is 7.11 Å². The van der Waals surface area contributed by atoms with Crippen LogP contribution < -0.4 is 16.2 Å². The fraction of sp³-hybridized carbons (Fsp3) is 0.200. The first-order valence-electron chi connectivity index (χ1n) is 6.63. The van der Waals surface area contributed by atoms with Gasteiger partial charge in [0.2, 0.25) is 0 Å². The van der Waals surface area contributed by atoms with Crippen molar-refractivity contribution < 1.29 is 4.74 Å². The lowest BCUT2D eigenvalue weighted by atomic mass is 10.1. The van der Waals surface area contributed by atoms with Crippen molar-refractivity contribution >= 4 is 5.65 Å². The molecule has 1 aromatic carbocycles. The highest BCUT2D eigenvalue weighted by Crippen LogP contribution is 2.20. The van der Waals surface area contributed by atoms with Crippen LogP contribution in [0.2, 0.25) is 0 Å². The van der Waals surface area contributed by atoms with Gasteiger partial charge in [0.1, 0.15) is 5.75 Å². The smallest absolute Gasteiger partial charge is 0.350 e. The molecular weight excluding hydrogens is 268 g/mol. The number of hydrogen-bond acceptors (Lipinski definition) is 4. The second-order valence-corrected chi connectivity index (χ2v) is 4.72. The number of fused-ring (bicyclic) bond motifs is 1. The Bertz CT molecular complexity index is 835. The topological polar surface area (TPSA) is 74.5 Å². The molecule has 2 heterocycles. The summed E-state index contributed by atoms with van der Waals surface area (Å²) in [5.41, 5.74) is 8.00. The van der Waals surface area contributed by atoms with Crippen molar-refractivity contribution in [3.05, 3.63) is 64.2 Å². The number of aromatic nitrogens is 3. The standard InChI is InChI=1S/C15H16N4O2/c1-21-13-8-11(5-6-12(13)9-16)10-19-15(20)18-7-3-2-4-14(18)17-19/h2-8H,9-10,16H2,1H3. The number of ether oxygens (including phenoxy) is 1. The largest absolute Gasteiger partial charge is 0.496 e. The molecule has 3 aromatic rings. The zero-order valence-corrected chi connectivity index (χ0v) is 11.7. The van der Waals surface area contributed by atoms with E-state index in [0.717, 1.165) is 16.9 Å². The molecular formula is C15H16N4O2. The number of benzene rings is 1. The Morgan fingerprint density at radius 3 is 2.86 bits per heavy atom. The molecule has 21 heavy (non-hydrogen) atoms. The summed E-state index contributed by atoms with van der Waals surface area (Å²) in [5.74, 6) is 0.729. The third kappa shape index (κ3) is 2.41. The molecule has 0 amide bonds. The van der Waals surface area contributed by atoms with Crippen molar-refractivity contribution in [1.82, 2.24) is 14.2 Å². The Morgan fingerprint density at radius 1 is 1.29 bits per heavy atom. The third-order valence-corrected chi connectivity index (χ3v) is 3.39. The highest BCUT2D eigenvalue weighted by atomic mass is 16.5. The van der Waals surface area contributed by atoms with Gasteiger partial charge in [-0.25, -0.2) is 9.48 Å². The van der Waals surface area contributed by atoms with Gasteiger partial charge in [0.15, 0.2) is 5.65 Å². The molecule has 0 saturated carbocycles. The molecule has 3 rings (SSSR count). The Morgan fingerprint density at radius 2 is 2.14 bits per heavy atom. The lowest BCUT2D eigenvalue weighted by Crippen LogP contribution is -2.21. The SMILES string of the molecule is COc1cc(Cn2nc3ccccn3c2=O)ccc1CN. The molecule has 2 aromatic heterocycles. The van der Waals surface area contributed by atoms with Crippen LogP contribution in [0.4, 0.5) is 0 Å². The summed E-state index contributed by atoms with van der Waals surface area (Å²) in [6.07, 6.45) is 1.71. The van der Waals surface area contributed by atoms with Gasteiger partial charge in [-0.1, -0.05) is 18.2 Å². The van der Waals surface area contributed by atoms with Gasteiger partial charge in [0.05, 0.1) is 13.7 Å². The highest BCUT2D eigenvalue weighted by molar-refractivity contribution is 5.38. The summed E-state index contributed by atoms with van der Waals surface area (Å²) >= 11 is 0. The monoisotopic (exact) mass is 284 g/mol. The van der Waals surface area contributed by atoms with E-state index in [9.17, 15) is 4.79 Å². The van der Waals surface area contributed by atoms with Gasteiger partial charge in [-0.2, -0.15) is 0 Å². The first-order chi connectivity index (χ1) is 10.2. The minimum Gasteiger partial charge on any atom is -0.496 e. The van der Waals surface area contributed by atoms with Crippen LogP contribution in [0.3, 0.4) is 0 Å². The number of nitrogens with two attached hydrogens (primary N) is 1. The van der Waals surface area contributed by atoms with Gasteiger partial charge in [-0.3, -0.25) is 4.40 Å². The zero-order chi connectivity index (χ0) is 14.8. The van der Waals surface area contributed by atoms with Gasteiger partial charge in [0.25, 0.3) is 0 Å². The van der Waals surface area contributed by atoms with E-state index >= 15 is 0 Å². The number of pyridine rings is 1. The molecule has 6 nitrogen and oxygen atoms in total. The minimum absolute atomic E-state index is 0.160. The molecule has 0 spiro atoms. The molecule has 108 valence electrons. The molecule has 0 bridgehead atoms. The summed E-state index contributed by atoms with van der Waals surface area (Å²) in [7, 11) is 1.61. The van der Waals surface area contributed by atoms with Crippen LogP contribution in [-0.4, -0.2) is 21.3 Å². The van der Waals surface area contributed by atoms with Crippen LogP contribution >= 0.6 is 0 Å². The molecule has 6 heteroatoms. The van der Waals surface area contributed by atoms with Gasteiger partial charge in [0, 0.05) is 18.3 Å². The van der Waals surface area contributed by atoms with E-state index in [0.29, 0.717) is 18.7 Å². The van der Waals surface area contributed by atoms with E-state index < -0.39 is 0 Å². The predicted octanol–water partition coefficient (Wildman–Crippen LogP) is 1.01. The Balaban J connectivity index is 1.99.